The van der Waals surface area contributed by atoms with E-state index in [2.05, 4.69) is 5.32 Å². The van der Waals surface area contributed by atoms with Crippen LogP contribution in [0.25, 0.3) is 0 Å². The Balaban J connectivity index is 2.59. The standard InChI is InChI=1S/C13H16FNO/c1-3-4-5-8-15-13(16)12-7-6-11(14)9-10(12)2/h3-4,6-7,9H,5,8H2,1-2H3,(H,15,16)/b4-3+. The number of allylic oxidation sites excluding steroid dienone is 1. The highest BCUT2D eigenvalue weighted by Gasteiger charge is 2.08. The number of aryl methyl sites for hydroxylation is 1. The zero-order valence-corrected chi connectivity index (χ0v) is 9.59. The Hall–Kier alpha value is -1.64. The third-order valence-electron chi connectivity index (χ3n) is 2.27. The summed E-state index contributed by atoms with van der Waals surface area (Å²) >= 11 is 0. The largest absolute Gasteiger partial charge is 0.352 e. The summed E-state index contributed by atoms with van der Waals surface area (Å²) in [7, 11) is 0. The zero-order chi connectivity index (χ0) is 12.0. The highest BCUT2D eigenvalue weighted by Crippen LogP contribution is 2.09. The summed E-state index contributed by atoms with van der Waals surface area (Å²) in [5, 5.41) is 2.78. The van der Waals surface area contributed by atoms with Crippen LogP contribution in [-0.4, -0.2) is 12.5 Å². The van der Waals surface area contributed by atoms with Crippen LogP contribution in [0, 0.1) is 12.7 Å². The molecule has 0 bridgehead atoms. The van der Waals surface area contributed by atoms with Gasteiger partial charge < -0.3 is 5.32 Å². The normalized spacial score (nSPS) is 10.7. The SMILES string of the molecule is C/C=C/CCNC(=O)c1ccc(F)cc1C. The van der Waals surface area contributed by atoms with Gasteiger partial charge in [-0.1, -0.05) is 12.2 Å². The number of rotatable bonds is 4. The van der Waals surface area contributed by atoms with Crippen molar-refractivity contribution in [2.75, 3.05) is 6.54 Å². The number of amides is 1. The minimum absolute atomic E-state index is 0.151. The lowest BCUT2D eigenvalue weighted by Crippen LogP contribution is -2.24. The average molecular weight is 221 g/mol. The molecule has 1 N–H and O–H groups in total. The van der Waals surface area contributed by atoms with E-state index in [1.165, 1.54) is 18.2 Å². The van der Waals surface area contributed by atoms with E-state index in [0.717, 1.165) is 6.42 Å². The van der Waals surface area contributed by atoms with Crippen molar-refractivity contribution in [3.8, 4) is 0 Å². The number of carbonyl (C=O) groups is 1. The van der Waals surface area contributed by atoms with E-state index >= 15 is 0 Å². The topological polar surface area (TPSA) is 29.1 Å². The smallest absolute Gasteiger partial charge is 0.251 e. The van der Waals surface area contributed by atoms with Gasteiger partial charge in [-0.25, -0.2) is 4.39 Å². The number of carbonyl (C=O) groups excluding carboxylic acids is 1. The molecule has 0 saturated heterocycles. The van der Waals surface area contributed by atoms with Crippen molar-refractivity contribution < 1.29 is 9.18 Å². The van der Waals surface area contributed by atoms with Crippen LogP contribution in [-0.2, 0) is 0 Å². The van der Waals surface area contributed by atoms with E-state index in [0.29, 0.717) is 17.7 Å². The van der Waals surface area contributed by atoms with Crippen LogP contribution in [0.5, 0.6) is 0 Å². The Kier molecular flexibility index (Phi) is 4.70. The summed E-state index contributed by atoms with van der Waals surface area (Å²) in [5.74, 6) is -0.468. The molecule has 86 valence electrons. The third kappa shape index (κ3) is 3.50. The van der Waals surface area contributed by atoms with Crippen molar-refractivity contribution in [2.24, 2.45) is 0 Å². The molecule has 0 spiro atoms. The van der Waals surface area contributed by atoms with Crippen LogP contribution >= 0.6 is 0 Å². The van der Waals surface area contributed by atoms with Gasteiger partial charge in [0.2, 0.25) is 0 Å². The molecular weight excluding hydrogens is 205 g/mol. The molecule has 3 heteroatoms. The molecule has 0 heterocycles. The lowest BCUT2D eigenvalue weighted by Gasteiger charge is -2.06. The molecule has 0 atom stereocenters. The van der Waals surface area contributed by atoms with Gasteiger partial charge in [0, 0.05) is 12.1 Å². The van der Waals surface area contributed by atoms with Gasteiger partial charge in [0.05, 0.1) is 0 Å². The molecular formula is C13H16FNO. The molecule has 0 aliphatic rings. The number of benzene rings is 1. The minimum Gasteiger partial charge on any atom is -0.352 e. The van der Waals surface area contributed by atoms with Gasteiger partial charge in [0.25, 0.3) is 5.91 Å². The Morgan fingerprint density at radius 1 is 1.50 bits per heavy atom. The van der Waals surface area contributed by atoms with Crippen molar-refractivity contribution in [3.05, 3.63) is 47.3 Å². The van der Waals surface area contributed by atoms with Gasteiger partial charge in [-0.05, 0) is 44.0 Å². The van der Waals surface area contributed by atoms with E-state index in [1.54, 1.807) is 6.92 Å². The third-order valence-corrected chi connectivity index (χ3v) is 2.27. The fourth-order valence-corrected chi connectivity index (χ4v) is 1.41. The van der Waals surface area contributed by atoms with Crippen LogP contribution in [0.1, 0.15) is 29.3 Å². The highest BCUT2D eigenvalue weighted by atomic mass is 19.1. The first kappa shape index (κ1) is 12.4. The number of halogens is 1. The van der Waals surface area contributed by atoms with Gasteiger partial charge in [-0.3, -0.25) is 4.79 Å². The lowest BCUT2D eigenvalue weighted by atomic mass is 10.1. The molecule has 1 aromatic carbocycles. The zero-order valence-electron chi connectivity index (χ0n) is 9.59. The van der Waals surface area contributed by atoms with E-state index < -0.39 is 0 Å². The summed E-state index contributed by atoms with van der Waals surface area (Å²) < 4.78 is 12.8. The molecule has 0 fully saturated rings. The van der Waals surface area contributed by atoms with Crippen LogP contribution in [0.15, 0.2) is 30.4 Å². The Morgan fingerprint density at radius 3 is 2.88 bits per heavy atom. The molecule has 16 heavy (non-hydrogen) atoms. The molecule has 1 aromatic rings. The molecule has 2 nitrogen and oxygen atoms in total. The summed E-state index contributed by atoms with van der Waals surface area (Å²) in [6, 6.07) is 4.17. The summed E-state index contributed by atoms with van der Waals surface area (Å²) in [6.45, 7) is 4.26. The molecule has 0 aliphatic heterocycles. The van der Waals surface area contributed by atoms with Crippen molar-refractivity contribution in [3.63, 3.8) is 0 Å². The Labute approximate surface area is 95.2 Å². The second-order valence-corrected chi connectivity index (χ2v) is 3.57. The van der Waals surface area contributed by atoms with Crippen molar-refractivity contribution in [2.45, 2.75) is 20.3 Å². The molecule has 1 amide bonds. The van der Waals surface area contributed by atoms with E-state index in [1.807, 2.05) is 19.1 Å². The summed E-state index contributed by atoms with van der Waals surface area (Å²) in [6.07, 6.45) is 4.73. The number of hydrogen-bond acceptors (Lipinski definition) is 1. The van der Waals surface area contributed by atoms with E-state index in [9.17, 15) is 9.18 Å². The first-order chi connectivity index (χ1) is 7.65. The second-order valence-electron chi connectivity index (χ2n) is 3.57. The molecule has 0 aliphatic carbocycles. The molecule has 0 unspecified atom stereocenters. The fourth-order valence-electron chi connectivity index (χ4n) is 1.41. The predicted octanol–water partition coefficient (Wildman–Crippen LogP) is 2.83. The minimum atomic E-state index is -0.317. The quantitative estimate of drug-likeness (QED) is 0.614. The van der Waals surface area contributed by atoms with Crippen LogP contribution in [0.2, 0.25) is 0 Å². The molecule has 1 rings (SSSR count). The van der Waals surface area contributed by atoms with Crippen molar-refractivity contribution >= 4 is 5.91 Å². The lowest BCUT2D eigenvalue weighted by molar-refractivity contribution is 0.0953. The predicted molar refractivity (Wildman–Crippen MR) is 62.9 cm³/mol. The van der Waals surface area contributed by atoms with E-state index in [4.69, 9.17) is 0 Å². The van der Waals surface area contributed by atoms with Crippen molar-refractivity contribution in [1.29, 1.82) is 0 Å². The van der Waals surface area contributed by atoms with Gasteiger partial charge in [-0.15, -0.1) is 0 Å². The highest BCUT2D eigenvalue weighted by molar-refractivity contribution is 5.95. The number of nitrogens with one attached hydrogen (secondary N) is 1. The molecule has 0 saturated carbocycles. The Morgan fingerprint density at radius 2 is 2.25 bits per heavy atom. The summed E-state index contributed by atoms with van der Waals surface area (Å²) in [5.41, 5.74) is 1.19. The summed E-state index contributed by atoms with van der Waals surface area (Å²) in [4.78, 5) is 11.7. The maximum Gasteiger partial charge on any atom is 0.251 e. The second kappa shape index (κ2) is 6.05. The van der Waals surface area contributed by atoms with Crippen LogP contribution in [0.3, 0.4) is 0 Å². The van der Waals surface area contributed by atoms with Gasteiger partial charge in [0.15, 0.2) is 0 Å². The first-order valence-electron chi connectivity index (χ1n) is 5.30. The van der Waals surface area contributed by atoms with Gasteiger partial charge in [0.1, 0.15) is 5.82 Å². The molecule has 0 aromatic heterocycles. The average Bonchev–Trinajstić information content (AvgIpc) is 2.24. The molecule has 0 radical (unpaired) electrons. The van der Waals surface area contributed by atoms with Crippen molar-refractivity contribution in [1.82, 2.24) is 5.32 Å². The Bertz CT molecular complexity index is 399. The monoisotopic (exact) mass is 221 g/mol. The maximum absolute atomic E-state index is 12.8. The number of hydrogen-bond donors (Lipinski definition) is 1. The van der Waals surface area contributed by atoms with E-state index in [-0.39, 0.29) is 11.7 Å². The van der Waals surface area contributed by atoms with Crippen LogP contribution in [0.4, 0.5) is 4.39 Å². The van der Waals surface area contributed by atoms with Crippen LogP contribution < -0.4 is 5.32 Å². The maximum atomic E-state index is 12.8. The first-order valence-corrected chi connectivity index (χ1v) is 5.30. The van der Waals surface area contributed by atoms with Gasteiger partial charge in [-0.2, -0.15) is 0 Å². The van der Waals surface area contributed by atoms with Gasteiger partial charge >= 0.3 is 0 Å². The fraction of sp³-hybridized carbons (Fsp3) is 0.308.